The average molecular weight is 351 g/mol. The zero-order valence-electron chi connectivity index (χ0n) is 13.8. The SMILES string of the molecule is Cc1c(CNc2ccc(S(=O)(=O)N3CCOCC3)cn2)cnn1C. The molecule has 0 bridgehead atoms. The third kappa shape index (κ3) is 3.42. The maximum atomic E-state index is 12.5. The number of sulfonamides is 1. The third-order valence-electron chi connectivity index (χ3n) is 4.14. The number of ether oxygens (including phenoxy) is 1. The largest absolute Gasteiger partial charge is 0.379 e. The van der Waals surface area contributed by atoms with E-state index < -0.39 is 10.0 Å². The van der Waals surface area contributed by atoms with Crippen LogP contribution in [0.5, 0.6) is 0 Å². The lowest BCUT2D eigenvalue weighted by atomic mass is 10.2. The van der Waals surface area contributed by atoms with Gasteiger partial charge < -0.3 is 10.1 Å². The van der Waals surface area contributed by atoms with Gasteiger partial charge in [0.2, 0.25) is 10.0 Å². The number of hydrogen-bond donors (Lipinski definition) is 1. The van der Waals surface area contributed by atoms with E-state index in [1.165, 1.54) is 10.5 Å². The summed E-state index contributed by atoms with van der Waals surface area (Å²) in [7, 11) is -1.61. The van der Waals surface area contributed by atoms with E-state index in [1.54, 1.807) is 18.3 Å². The number of rotatable bonds is 5. The van der Waals surface area contributed by atoms with Crippen molar-refractivity contribution in [3.05, 3.63) is 35.8 Å². The molecule has 0 saturated carbocycles. The van der Waals surface area contributed by atoms with Crippen LogP contribution in [0.2, 0.25) is 0 Å². The van der Waals surface area contributed by atoms with Crippen molar-refractivity contribution in [1.29, 1.82) is 0 Å². The predicted octanol–water partition coefficient (Wildman–Crippen LogP) is 0.757. The quantitative estimate of drug-likeness (QED) is 0.855. The molecule has 0 atom stereocenters. The molecule has 0 radical (unpaired) electrons. The summed E-state index contributed by atoms with van der Waals surface area (Å²) in [5.41, 5.74) is 2.15. The first-order valence-corrected chi connectivity index (χ1v) is 9.18. The second-order valence-electron chi connectivity index (χ2n) is 5.63. The predicted molar refractivity (Wildman–Crippen MR) is 89.1 cm³/mol. The number of aromatic nitrogens is 3. The Morgan fingerprint density at radius 2 is 2.00 bits per heavy atom. The van der Waals surface area contributed by atoms with E-state index in [-0.39, 0.29) is 4.90 Å². The van der Waals surface area contributed by atoms with Crippen molar-refractivity contribution in [2.45, 2.75) is 18.4 Å². The Bertz CT molecular complexity index is 795. The van der Waals surface area contributed by atoms with Crippen molar-refractivity contribution < 1.29 is 13.2 Å². The van der Waals surface area contributed by atoms with Crippen LogP contribution >= 0.6 is 0 Å². The summed E-state index contributed by atoms with van der Waals surface area (Å²) in [6.45, 7) is 4.19. The van der Waals surface area contributed by atoms with Crippen LogP contribution in [0.3, 0.4) is 0 Å². The van der Waals surface area contributed by atoms with Crippen LogP contribution in [0.4, 0.5) is 5.82 Å². The van der Waals surface area contributed by atoms with Crippen LogP contribution in [-0.2, 0) is 28.4 Å². The normalized spacial score (nSPS) is 16.2. The van der Waals surface area contributed by atoms with Crippen LogP contribution in [0.25, 0.3) is 0 Å². The number of pyridine rings is 1. The minimum absolute atomic E-state index is 0.201. The van der Waals surface area contributed by atoms with Gasteiger partial charge in [-0.05, 0) is 19.1 Å². The Morgan fingerprint density at radius 3 is 2.58 bits per heavy atom. The summed E-state index contributed by atoms with van der Waals surface area (Å²) in [6.07, 6.45) is 3.20. The molecule has 1 aliphatic rings. The van der Waals surface area contributed by atoms with Gasteiger partial charge in [0.25, 0.3) is 0 Å². The van der Waals surface area contributed by atoms with E-state index in [4.69, 9.17) is 4.74 Å². The summed E-state index contributed by atoms with van der Waals surface area (Å²) >= 11 is 0. The van der Waals surface area contributed by atoms with Gasteiger partial charge in [0.1, 0.15) is 10.7 Å². The average Bonchev–Trinajstić information content (AvgIpc) is 2.93. The molecule has 0 aromatic carbocycles. The summed E-state index contributed by atoms with van der Waals surface area (Å²) < 4.78 is 33.5. The fourth-order valence-corrected chi connectivity index (χ4v) is 3.83. The summed E-state index contributed by atoms with van der Waals surface area (Å²) in [6, 6.07) is 3.26. The Morgan fingerprint density at radius 1 is 1.25 bits per heavy atom. The molecular formula is C15H21N5O3S. The van der Waals surface area contributed by atoms with Gasteiger partial charge in [-0.15, -0.1) is 0 Å². The minimum atomic E-state index is -3.50. The number of aryl methyl sites for hydroxylation is 1. The van der Waals surface area contributed by atoms with E-state index in [0.29, 0.717) is 38.7 Å². The van der Waals surface area contributed by atoms with Gasteiger partial charge in [0.15, 0.2) is 0 Å². The van der Waals surface area contributed by atoms with Crippen molar-refractivity contribution in [3.8, 4) is 0 Å². The van der Waals surface area contributed by atoms with Gasteiger partial charge in [-0.25, -0.2) is 13.4 Å². The lowest BCUT2D eigenvalue weighted by Gasteiger charge is -2.25. The number of hydrogen-bond acceptors (Lipinski definition) is 6. The summed E-state index contributed by atoms with van der Waals surface area (Å²) in [5.74, 6) is 0.624. The molecular weight excluding hydrogens is 330 g/mol. The first-order valence-electron chi connectivity index (χ1n) is 7.74. The molecule has 0 unspecified atom stereocenters. The lowest BCUT2D eigenvalue weighted by Crippen LogP contribution is -2.40. The lowest BCUT2D eigenvalue weighted by molar-refractivity contribution is 0.0730. The van der Waals surface area contributed by atoms with E-state index in [2.05, 4.69) is 15.4 Å². The Kier molecular flexibility index (Phi) is 4.83. The van der Waals surface area contributed by atoms with Gasteiger partial charge in [-0.3, -0.25) is 4.68 Å². The molecule has 9 heteroatoms. The maximum absolute atomic E-state index is 12.5. The Balaban J connectivity index is 1.67. The van der Waals surface area contributed by atoms with E-state index >= 15 is 0 Å². The molecule has 3 rings (SSSR count). The topological polar surface area (TPSA) is 89.3 Å². The van der Waals surface area contributed by atoms with Gasteiger partial charge in [-0.2, -0.15) is 9.40 Å². The van der Waals surface area contributed by atoms with Crippen molar-refractivity contribution in [3.63, 3.8) is 0 Å². The molecule has 8 nitrogen and oxygen atoms in total. The molecule has 0 amide bonds. The van der Waals surface area contributed by atoms with Crippen LogP contribution in [0, 0.1) is 6.92 Å². The van der Waals surface area contributed by atoms with Crippen LogP contribution in [-0.4, -0.2) is 53.8 Å². The second-order valence-corrected chi connectivity index (χ2v) is 7.57. The van der Waals surface area contributed by atoms with E-state index in [0.717, 1.165) is 11.3 Å². The third-order valence-corrected chi connectivity index (χ3v) is 6.02. The number of nitrogens with zero attached hydrogens (tertiary/aromatic N) is 4. The second kappa shape index (κ2) is 6.88. The highest BCUT2D eigenvalue weighted by molar-refractivity contribution is 7.89. The van der Waals surface area contributed by atoms with Gasteiger partial charge in [-0.1, -0.05) is 0 Å². The smallest absolute Gasteiger partial charge is 0.244 e. The molecule has 1 N–H and O–H groups in total. The highest BCUT2D eigenvalue weighted by Gasteiger charge is 2.26. The molecule has 0 spiro atoms. The van der Waals surface area contributed by atoms with Crippen molar-refractivity contribution in [1.82, 2.24) is 19.1 Å². The zero-order chi connectivity index (χ0) is 17.2. The maximum Gasteiger partial charge on any atom is 0.244 e. The number of morpholine rings is 1. The molecule has 1 saturated heterocycles. The molecule has 3 heterocycles. The van der Waals surface area contributed by atoms with Crippen LogP contribution in [0.15, 0.2) is 29.4 Å². The van der Waals surface area contributed by atoms with Crippen molar-refractivity contribution in [2.24, 2.45) is 7.05 Å². The summed E-state index contributed by atoms with van der Waals surface area (Å²) in [4.78, 5) is 4.42. The van der Waals surface area contributed by atoms with E-state index in [1.807, 2.05) is 18.7 Å². The molecule has 2 aromatic rings. The molecule has 24 heavy (non-hydrogen) atoms. The monoisotopic (exact) mass is 351 g/mol. The molecule has 0 aliphatic carbocycles. The first kappa shape index (κ1) is 16.9. The minimum Gasteiger partial charge on any atom is -0.379 e. The van der Waals surface area contributed by atoms with Crippen molar-refractivity contribution in [2.75, 3.05) is 31.6 Å². The highest BCUT2D eigenvalue weighted by atomic mass is 32.2. The number of nitrogens with one attached hydrogen (secondary N) is 1. The Hall–Kier alpha value is -1.97. The van der Waals surface area contributed by atoms with Crippen LogP contribution in [0.1, 0.15) is 11.3 Å². The van der Waals surface area contributed by atoms with Gasteiger partial charge in [0.05, 0.1) is 19.4 Å². The van der Waals surface area contributed by atoms with Gasteiger partial charge >= 0.3 is 0 Å². The van der Waals surface area contributed by atoms with Crippen molar-refractivity contribution >= 4 is 15.8 Å². The van der Waals surface area contributed by atoms with Crippen LogP contribution < -0.4 is 5.32 Å². The highest BCUT2D eigenvalue weighted by Crippen LogP contribution is 2.18. The fraction of sp³-hybridized carbons (Fsp3) is 0.467. The van der Waals surface area contributed by atoms with Gasteiger partial charge in [0, 0.05) is 44.1 Å². The molecule has 2 aromatic heterocycles. The molecule has 1 aliphatic heterocycles. The van der Waals surface area contributed by atoms with E-state index in [9.17, 15) is 8.42 Å². The number of anilines is 1. The summed E-state index contributed by atoms with van der Waals surface area (Å²) in [5, 5.41) is 7.37. The first-order chi connectivity index (χ1) is 11.5. The molecule has 130 valence electrons. The Labute approximate surface area is 141 Å². The fourth-order valence-electron chi connectivity index (χ4n) is 2.48. The zero-order valence-corrected chi connectivity index (χ0v) is 14.6. The standard InChI is InChI=1S/C15H21N5O3S/c1-12-13(10-18-19(12)2)9-16-15-4-3-14(11-17-15)24(21,22)20-5-7-23-8-6-20/h3-4,10-11H,5-9H2,1-2H3,(H,16,17). The molecule has 1 fully saturated rings.